The van der Waals surface area contributed by atoms with Crippen molar-refractivity contribution in [3.8, 4) is 0 Å². The van der Waals surface area contributed by atoms with E-state index in [9.17, 15) is 9.59 Å². The van der Waals surface area contributed by atoms with Crippen molar-refractivity contribution in [1.29, 1.82) is 0 Å². The second kappa shape index (κ2) is 6.17. The molecule has 0 saturated carbocycles. The van der Waals surface area contributed by atoms with Crippen molar-refractivity contribution in [2.24, 2.45) is 0 Å². The molecule has 0 bridgehead atoms. The minimum atomic E-state index is -0.968. The second-order valence-corrected chi connectivity index (χ2v) is 5.83. The van der Waals surface area contributed by atoms with Gasteiger partial charge in [-0.15, -0.1) is 0 Å². The predicted octanol–water partition coefficient (Wildman–Crippen LogP) is 2.68. The van der Waals surface area contributed by atoms with Crippen LogP contribution in [0, 0.1) is 3.57 Å². The summed E-state index contributed by atoms with van der Waals surface area (Å²) in [6, 6.07) is 7.47. The van der Waals surface area contributed by atoms with Gasteiger partial charge in [-0.3, -0.25) is 0 Å². The summed E-state index contributed by atoms with van der Waals surface area (Å²) >= 11 is 2.14. The molecule has 0 aromatic heterocycles. The first-order chi connectivity index (χ1) is 8.29. The zero-order valence-electron chi connectivity index (χ0n) is 10.5. The first-order valence-electron chi connectivity index (χ1n) is 5.43. The van der Waals surface area contributed by atoms with E-state index < -0.39 is 17.5 Å². The van der Waals surface area contributed by atoms with Crippen molar-refractivity contribution in [2.75, 3.05) is 0 Å². The molecule has 1 aromatic carbocycles. The lowest BCUT2D eigenvalue weighted by molar-refractivity contribution is -0.175. The van der Waals surface area contributed by atoms with Crippen LogP contribution in [0.2, 0.25) is 0 Å². The number of carbonyl (C=O) groups excluding carboxylic acids is 2. The quantitative estimate of drug-likeness (QED) is 0.461. The maximum Gasteiger partial charge on any atom is 0.418 e. The Morgan fingerprint density at radius 2 is 1.78 bits per heavy atom. The highest BCUT2D eigenvalue weighted by Gasteiger charge is 2.24. The van der Waals surface area contributed by atoms with Crippen molar-refractivity contribution >= 4 is 34.5 Å². The molecule has 0 aliphatic carbocycles. The first kappa shape index (κ1) is 14.9. The van der Waals surface area contributed by atoms with Gasteiger partial charge in [-0.1, -0.05) is 18.2 Å². The maximum absolute atomic E-state index is 11.4. The van der Waals surface area contributed by atoms with Crippen LogP contribution in [0.5, 0.6) is 0 Å². The van der Waals surface area contributed by atoms with Crippen LogP contribution in [-0.4, -0.2) is 17.5 Å². The van der Waals surface area contributed by atoms with Gasteiger partial charge < -0.3 is 9.47 Å². The van der Waals surface area contributed by atoms with Crippen molar-refractivity contribution in [3.63, 3.8) is 0 Å². The summed E-state index contributed by atoms with van der Waals surface area (Å²) in [6.45, 7) is 5.14. The molecule has 1 aromatic rings. The van der Waals surface area contributed by atoms with E-state index in [1.54, 1.807) is 20.8 Å². The van der Waals surface area contributed by atoms with Gasteiger partial charge in [-0.05, 0) is 49.4 Å². The predicted molar refractivity (Wildman–Crippen MR) is 74.8 cm³/mol. The van der Waals surface area contributed by atoms with Crippen molar-refractivity contribution in [1.82, 2.24) is 0 Å². The van der Waals surface area contributed by atoms with E-state index in [-0.39, 0.29) is 6.61 Å². The Balaban J connectivity index is 2.52. The van der Waals surface area contributed by atoms with Gasteiger partial charge in [0.25, 0.3) is 0 Å². The average Bonchev–Trinajstić information content (AvgIpc) is 2.25. The van der Waals surface area contributed by atoms with E-state index in [2.05, 4.69) is 22.6 Å². The third-order valence-electron chi connectivity index (χ3n) is 1.88. The summed E-state index contributed by atoms with van der Waals surface area (Å²) in [6.07, 6.45) is 0. The fourth-order valence-electron chi connectivity index (χ4n) is 1.14. The van der Waals surface area contributed by atoms with Crippen LogP contribution in [0.25, 0.3) is 0 Å². The summed E-state index contributed by atoms with van der Waals surface area (Å²) in [5.74, 6) is -1.93. The largest absolute Gasteiger partial charge is 0.452 e. The molecule has 0 fully saturated rings. The van der Waals surface area contributed by atoms with Gasteiger partial charge in [-0.25, -0.2) is 9.59 Å². The van der Waals surface area contributed by atoms with Crippen LogP contribution in [0.15, 0.2) is 24.3 Å². The minimum Gasteiger partial charge on any atom is -0.452 e. The Labute approximate surface area is 120 Å². The number of esters is 2. The Kier molecular flexibility index (Phi) is 5.13. The Bertz CT molecular complexity index is 449. The van der Waals surface area contributed by atoms with Crippen LogP contribution in [0.1, 0.15) is 26.3 Å². The fourth-order valence-corrected chi connectivity index (χ4v) is 1.68. The van der Waals surface area contributed by atoms with E-state index in [0.717, 1.165) is 9.13 Å². The monoisotopic (exact) mass is 362 g/mol. The number of ether oxygens (including phenoxy) is 2. The minimum absolute atomic E-state index is 0.0667. The normalized spacial score (nSPS) is 10.9. The first-order valence-corrected chi connectivity index (χ1v) is 6.51. The molecule has 0 aliphatic rings. The van der Waals surface area contributed by atoms with Gasteiger partial charge in [0.2, 0.25) is 0 Å². The SMILES string of the molecule is CC(C)(C)OC(=O)C(=O)OCc1ccccc1I. The molecule has 0 aliphatic heterocycles. The van der Waals surface area contributed by atoms with Gasteiger partial charge in [-0.2, -0.15) is 0 Å². The highest BCUT2D eigenvalue weighted by molar-refractivity contribution is 14.1. The molecule has 0 saturated heterocycles. The molecular formula is C13H15IO4. The zero-order chi connectivity index (χ0) is 13.8. The molecule has 0 amide bonds. The van der Waals surface area contributed by atoms with Crippen molar-refractivity contribution in [3.05, 3.63) is 33.4 Å². The zero-order valence-corrected chi connectivity index (χ0v) is 12.7. The summed E-state index contributed by atoms with van der Waals surface area (Å²) in [4.78, 5) is 22.8. The standard InChI is InChI=1S/C13H15IO4/c1-13(2,3)18-12(16)11(15)17-8-9-6-4-5-7-10(9)14/h4-7H,8H2,1-3H3. The number of hydrogen-bond donors (Lipinski definition) is 0. The van der Waals surface area contributed by atoms with Crippen LogP contribution >= 0.6 is 22.6 Å². The lowest BCUT2D eigenvalue weighted by Gasteiger charge is -2.18. The van der Waals surface area contributed by atoms with Crippen LogP contribution in [-0.2, 0) is 25.7 Å². The number of rotatable bonds is 2. The highest BCUT2D eigenvalue weighted by Crippen LogP contribution is 2.13. The van der Waals surface area contributed by atoms with Gasteiger partial charge in [0, 0.05) is 9.13 Å². The van der Waals surface area contributed by atoms with Crippen LogP contribution in [0.4, 0.5) is 0 Å². The number of halogens is 1. The lowest BCUT2D eigenvalue weighted by atomic mass is 10.2. The smallest absolute Gasteiger partial charge is 0.418 e. The van der Waals surface area contributed by atoms with E-state index >= 15 is 0 Å². The third-order valence-corrected chi connectivity index (χ3v) is 2.93. The number of hydrogen-bond acceptors (Lipinski definition) is 4. The molecule has 0 N–H and O–H groups in total. The van der Waals surface area contributed by atoms with Gasteiger partial charge >= 0.3 is 11.9 Å². The average molecular weight is 362 g/mol. The molecule has 4 nitrogen and oxygen atoms in total. The maximum atomic E-state index is 11.4. The summed E-state index contributed by atoms with van der Waals surface area (Å²) < 4.78 is 10.8. The van der Waals surface area contributed by atoms with Gasteiger partial charge in [0.05, 0.1) is 0 Å². The Morgan fingerprint density at radius 3 is 2.33 bits per heavy atom. The van der Waals surface area contributed by atoms with Crippen molar-refractivity contribution < 1.29 is 19.1 Å². The summed E-state index contributed by atoms with van der Waals surface area (Å²) in [5, 5.41) is 0. The third kappa shape index (κ3) is 5.03. The van der Waals surface area contributed by atoms with Gasteiger partial charge in [0.1, 0.15) is 12.2 Å². The lowest BCUT2D eigenvalue weighted by Crippen LogP contribution is -2.30. The second-order valence-electron chi connectivity index (χ2n) is 4.67. The van der Waals surface area contributed by atoms with E-state index in [1.165, 1.54) is 0 Å². The highest BCUT2D eigenvalue weighted by atomic mass is 127. The van der Waals surface area contributed by atoms with Crippen molar-refractivity contribution in [2.45, 2.75) is 33.0 Å². The topological polar surface area (TPSA) is 52.6 Å². The Morgan fingerprint density at radius 1 is 1.17 bits per heavy atom. The molecule has 0 radical (unpaired) electrons. The van der Waals surface area contributed by atoms with Gasteiger partial charge in [0.15, 0.2) is 0 Å². The molecule has 0 heterocycles. The summed E-state index contributed by atoms with van der Waals surface area (Å²) in [5.41, 5.74) is 0.159. The fraction of sp³-hybridized carbons (Fsp3) is 0.385. The summed E-state index contributed by atoms with van der Waals surface area (Å²) in [7, 11) is 0. The molecule has 0 atom stereocenters. The molecule has 98 valence electrons. The van der Waals surface area contributed by atoms with E-state index in [1.807, 2.05) is 24.3 Å². The van der Waals surface area contributed by atoms with E-state index in [4.69, 9.17) is 9.47 Å². The molecule has 0 spiro atoms. The van der Waals surface area contributed by atoms with Crippen LogP contribution in [0.3, 0.4) is 0 Å². The molecular weight excluding hydrogens is 347 g/mol. The number of carbonyl (C=O) groups is 2. The van der Waals surface area contributed by atoms with E-state index in [0.29, 0.717) is 0 Å². The molecule has 5 heteroatoms. The molecule has 1 rings (SSSR count). The molecule has 0 unspecified atom stereocenters. The Hall–Kier alpha value is -1.11. The van der Waals surface area contributed by atoms with Crippen LogP contribution < -0.4 is 0 Å². The number of benzene rings is 1. The molecule has 18 heavy (non-hydrogen) atoms.